The van der Waals surface area contributed by atoms with Gasteiger partial charge in [0.1, 0.15) is 11.4 Å². The third kappa shape index (κ3) is 4.80. The monoisotopic (exact) mass is 502 g/mol. The van der Waals surface area contributed by atoms with E-state index >= 15 is 0 Å². The molecule has 4 aromatic rings. The van der Waals surface area contributed by atoms with E-state index in [1.165, 1.54) is 44.6 Å². The first-order valence-corrected chi connectivity index (χ1v) is 10.3. The van der Waals surface area contributed by atoms with E-state index in [1.807, 2.05) is 0 Å². The van der Waals surface area contributed by atoms with Crippen molar-refractivity contribution in [3.63, 3.8) is 0 Å². The Morgan fingerprint density at radius 3 is 2.50 bits per heavy atom. The predicted octanol–water partition coefficient (Wildman–Crippen LogP) is 4.95. The maximum Gasteiger partial charge on any atom is 0.435 e. The van der Waals surface area contributed by atoms with Gasteiger partial charge in [0.05, 0.1) is 12.8 Å². The molecule has 0 saturated carbocycles. The van der Waals surface area contributed by atoms with Crippen LogP contribution in [0.2, 0.25) is 0 Å². The van der Waals surface area contributed by atoms with E-state index in [0.29, 0.717) is 0 Å². The fourth-order valence-electron chi connectivity index (χ4n) is 3.40. The molecule has 0 amide bonds. The minimum atomic E-state index is -4.72. The molecule has 0 fully saturated rings. The second kappa shape index (κ2) is 9.24. The van der Waals surface area contributed by atoms with Gasteiger partial charge in [0.25, 0.3) is 0 Å². The van der Waals surface area contributed by atoms with Crippen LogP contribution in [0.4, 0.5) is 29.2 Å². The van der Waals surface area contributed by atoms with Gasteiger partial charge >= 0.3 is 12.1 Å². The topological polar surface area (TPSA) is 115 Å². The average Bonchev–Trinajstić information content (AvgIpc) is 3.23. The predicted molar refractivity (Wildman–Crippen MR) is 120 cm³/mol. The molecule has 0 radical (unpaired) electrons. The molecule has 3 aromatic heterocycles. The molecular weight excluding hydrogens is 484 g/mol. The number of pyridine rings is 1. The Hall–Kier alpha value is -4.55. The van der Waals surface area contributed by atoms with E-state index in [0.717, 1.165) is 16.3 Å². The Morgan fingerprint density at radius 1 is 1.11 bits per heavy atom. The number of carbonyl (C=O) groups is 1. The van der Waals surface area contributed by atoms with E-state index in [9.17, 15) is 27.5 Å². The third-order valence-electron chi connectivity index (χ3n) is 5.10. The highest BCUT2D eigenvalue weighted by molar-refractivity contribution is 5.92. The lowest BCUT2D eigenvalue weighted by molar-refractivity contribution is -0.141. The van der Waals surface area contributed by atoms with Gasteiger partial charge in [-0.1, -0.05) is 6.07 Å². The van der Waals surface area contributed by atoms with Crippen molar-refractivity contribution in [3.8, 4) is 22.8 Å². The largest absolute Gasteiger partial charge is 0.480 e. The van der Waals surface area contributed by atoms with E-state index in [-0.39, 0.29) is 45.7 Å². The number of methoxy groups -OCH3 is 1. The summed E-state index contributed by atoms with van der Waals surface area (Å²) in [5.74, 6) is -2.31. The lowest BCUT2D eigenvalue weighted by Crippen LogP contribution is -2.11. The first-order valence-electron chi connectivity index (χ1n) is 10.3. The van der Waals surface area contributed by atoms with Gasteiger partial charge in [0, 0.05) is 29.2 Å². The average molecular weight is 502 g/mol. The summed E-state index contributed by atoms with van der Waals surface area (Å²) in [4.78, 5) is 24.1. The number of ether oxygens (including phenoxy) is 1. The zero-order valence-electron chi connectivity index (χ0n) is 19.1. The number of rotatable bonds is 6. The molecule has 4 rings (SSSR count). The maximum atomic E-state index is 14.3. The summed E-state index contributed by atoms with van der Waals surface area (Å²) in [6.45, 7) is 3.15. The summed E-state index contributed by atoms with van der Waals surface area (Å²) in [7, 11) is 1.25. The molecule has 0 spiro atoms. The minimum absolute atomic E-state index is 0.0566. The number of hydrogen-bond donors (Lipinski definition) is 2. The fraction of sp³-hybridized carbons (Fsp3) is 0.174. The van der Waals surface area contributed by atoms with Gasteiger partial charge in [-0.15, -0.1) is 0 Å². The van der Waals surface area contributed by atoms with E-state index in [2.05, 4.69) is 25.4 Å². The van der Waals surface area contributed by atoms with Crippen LogP contribution in [0, 0.1) is 19.7 Å². The summed E-state index contributed by atoms with van der Waals surface area (Å²) < 4.78 is 60.2. The standard InChI is InChI=1S/C23H18F4N6O3/c1-11-4-5-16(24)17(6-11)30-22-29-10-15(13-8-14(21(34)35)20(36-3)28-9-13)19(31-22)33-12(2)7-18(32-33)23(25,26)27/h4-10H,1-3H3,(H,34,35)(H,29,30,31). The van der Waals surface area contributed by atoms with Gasteiger partial charge in [-0.05, 0) is 43.7 Å². The summed E-state index contributed by atoms with van der Waals surface area (Å²) in [5, 5.41) is 15.9. The van der Waals surface area contributed by atoms with Gasteiger partial charge in [0.2, 0.25) is 11.8 Å². The number of nitrogens with one attached hydrogen (secondary N) is 1. The molecule has 1 aromatic carbocycles. The van der Waals surface area contributed by atoms with Crippen molar-refractivity contribution in [1.29, 1.82) is 0 Å². The number of alkyl halides is 3. The molecular formula is C23H18F4N6O3. The van der Waals surface area contributed by atoms with Crippen LogP contribution in [0.3, 0.4) is 0 Å². The summed E-state index contributed by atoms with van der Waals surface area (Å²) in [6.07, 6.45) is -2.20. The Morgan fingerprint density at radius 2 is 1.86 bits per heavy atom. The van der Waals surface area contributed by atoms with E-state index in [1.54, 1.807) is 13.0 Å². The van der Waals surface area contributed by atoms with Crippen molar-refractivity contribution >= 4 is 17.6 Å². The van der Waals surface area contributed by atoms with Crippen LogP contribution in [0.5, 0.6) is 5.88 Å². The summed E-state index contributed by atoms with van der Waals surface area (Å²) in [5.41, 5.74) is -0.223. The van der Waals surface area contributed by atoms with Gasteiger partial charge in [-0.3, -0.25) is 0 Å². The van der Waals surface area contributed by atoms with Crippen LogP contribution < -0.4 is 10.1 Å². The number of hydrogen-bond acceptors (Lipinski definition) is 7. The second-order valence-corrected chi connectivity index (χ2v) is 7.71. The second-order valence-electron chi connectivity index (χ2n) is 7.71. The van der Waals surface area contributed by atoms with Crippen molar-refractivity contribution < 1.29 is 32.2 Å². The lowest BCUT2D eigenvalue weighted by Gasteiger charge is -2.14. The minimum Gasteiger partial charge on any atom is -0.480 e. The molecule has 0 unspecified atom stereocenters. The van der Waals surface area contributed by atoms with Crippen molar-refractivity contribution in [3.05, 3.63) is 71.1 Å². The van der Waals surface area contributed by atoms with Crippen LogP contribution in [-0.4, -0.2) is 42.9 Å². The highest BCUT2D eigenvalue weighted by Crippen LogP contribution is 2.33. The SMILES string of the molecule is COc1ncc(-c2cnc(Nc3cc(C)ccc3F)nc2-n2nc(C(F)(F)F)cc2C)cc1C(=O)O. The number of benzene rings is 1. The van der Waals surface area contributed by atoms with Crippen molar-refractivity contribution in [1.82, 2.24) is 24.7 Å². The number of aromatic nitrogens is 5. The van der Waals surface area contributed by atoms with Gasteiger partial charge in [-0.2, -0.15) is 23.3 Å². The molecule has 36 heavy (non-hydrogen) atoms. The number of halogens is 4. The number of aryl methyl sites for hydroxylation is 2. The summed E-state index contributed by atoms with van der Waals surface area (Å²) in [6, 6.07) is 6.40. The molecule has 13 heteroatoms. The Bertz CT molecular complexity index is 1470. The Kier molecular flexibility index (Phi) is 6.31. The molecule has 0 aliphatic carbocycles. The first kappa shape index (κ1) is 24.6. The highest BCUT2D eigenvalue weighted by atomic mass is 19.4. The molecule has 0 atom stereocenters. The van der Waals surface area contributed by atoms with Crippen LogP contribution in [0.1, 0.15) is 27.3 Å². The van der Waals surface area contributed by atoms with Crippen molar-refractivity contribution in [2.24, 2.45) is 0 Å². The zero-order chi connectivity index (χ0) is 26.2. The zero-order valence-corrected chi connectivity index (χ0v) is 19.1. The Labute approximate surface area is 201 Å². The lowest BCUT2D eigenvalue weighted by atomic mass is 10.1. The first-order chi connectivity index (χ1) is 17.0. The molecule has 0 saturated heterocycles. The Balaban J connectivity index is 1.91. The molecule has 9 nitrogen and oxygen atoms in total. The van der Waals surface area contributed by atoms with Crippen molar-refractivity contribution in [2.75, 3.05) is 12.4 Å². The van der Waals surface area contributed by atoms with Crippen molar-refractivity contribution in [2.45, 2.75) is 20.0 Å². The number of carboxylic acid groups (broad SMARTS) is 1. The smallest absolute Gasteiger partial charge is 0.435 e. The highest BCUT2D eigenvalue weighted by Gasteiger charge is 2.35. The number of carboxylic acids is 1. The molecule has 3 heterocycles. The van der Waals surface area contributed by atoms with Crippen LogP contribution in [-0.2, 0) is 6.18 Å². The van der Waals surface area contributed by atoms with Crippen LogP contribution in [0.15, 0.2) is 42.7 Å². The van der Waals surface area contributed by atoms with E-state index in [4.69, 9.17) is 4.74 Å². The molecule has 0 aliphatic heterocycles. The quantitative estimate of drug-likeness (QED) is 0.356. The van der Waals surface area contributed by atoms with Gasteiger partial charge in [-0.25, -0.2) is 23.8 Å². The molecule has 0 bridgehead atoms. The van der Waals surface area contributed by atoms with Gasteiger partial charge in [0.15, 0.2) is 11.5 Å². The normalized spacial score (nSPS) is 11.4. The summed E-state index contributed by atoms with van der Waals surface area (Å²) >= 11 is 0. The van der Waals surface area contributed by atoms with E-state index < -0.39 is 23.7 Å². The molecule has 0 aliphatic rings. The van der Waals surface area contributed by atoms with Crippen LogP contribution in [0.25, 0.3) is 16.9 Å². The molecule has 186 valence electrons. The maximum absolute atomic E-state index is 14.3. The van der Waals surface area contributed by atoms with Crippen LogP contribution >= 0.6 is 0 Å². The number of anilines is 2. The van der Waals surface area contributed by atoms with Gasteiger partial charge < -0.3 is 15.2 Å². The number of aromatic carboxylic acids is 1. The number of nitrogens with zero attached hydrogens (tertiary/aromatic N) is 5. The fourth-order valence-corrected chi connectivity index (χ4v) is 3.40. The molecule has 2 N–H and O–H groups in total. The third-order valence-corrected chi connectivity index (χ3v) is 5.10.